The Bertz CT molecular complexity index is 914. The number of nitrogens with zero attached hydrogens (tertiary/aromatic N) is 4. The van der Waals surface area contributed by atoms with Crippen LogP contribution in [0.2, 0.25) is 10.0 Å². The Kier molecular flexibility index (Phi) is 5.64. The van der Waals surface area contributed by atoms with Crippen molar-refractivity contribution in [2.24, 2.45) is 0 Å². The fourth-order valence-corrected chi connectivity index (χ4v) is 2.97. The van der Waals surface area contributed by atoms with E-state index in [4.69, 9.17) is 23.2 Å². The summed E-state index contributed by atoms with van der Waals surface area (Å²) in [6.07, 6.45) is 1.98. The summed E-state index contributed by atoms with van der Waals surface area (Å²) in [5, 5.41) is 12.5. The van der Waals surface area contributed by atoms with Gasteiger partial charge in [0.15, 0.2) is 5.82 Å². The Morgan fingerprint density at radius 2 is 1.88 bits per heavy atom. The summed E-state index contributed by atoms with van der Waals surface area (Å²) in [4.78, 5) is 12.2. The Morgan fingerprint density at radius 1 is 1.15 bits per heavy atom. The van der Waals surface area contributed by atoms with Crippen molar-refractivity contribution in [3.63, 3.8) is 0 Å². The highest BCUT2D eigenvalue weighted by Gasteiger charge is 2.12. The monoisotopic (exact) mass is 391 g/mol. The first-order valence-corrected chi connectivity index (χ1v) is 8.94. The van der Waals surface area contributed by atoms with Gasteiger partial charge in [0.2, 0.25) is 5.91 Å². The molecule has 2 heterocycles. The topological polar surface area (TPSA) is 64.7 Å². The van der Waals surface area contributed by atoms with Gasteiger partial charge in [0.25, 0.3) is 0 Å². The predicted molar refractivity (Wildman–Crippen MR) is 103 cm³/mol. The first-order chi connectivity index (χ1) is 12.4. The molecule has 6 nitrogen and oxygen atoms in total. The molecule has 0 radical (unpaired) electrons. The number of amides is 1. The molecule has 3 rings (SSSR count). The molecule has 26 heavy (non-hydrogen) atoms. The summed E-state index contributed by atoms with van der Waals surface area (Å²) in [5.41, 5.74) is 3.00. The third kappa shape index (κ3) is 4.65. The average Bonchev–Trinajstić information content (AvgIpc) is 3.09. The Labute approximate surface area is 161 Å². The normalized spacial score (nSPS) is 10.9. The van der Waals surface area contributed by atoms with Gasteiger partial charge in [0, 0.05) is 29.9 Å². The molecule has 0 saturated heterocycles. The maximum Gasteiger partial charge on any atom is 0.227 e. The second kappa shape index (κ2) is 7.93. The number of aromatic nitrogens is 4. The lowest BCUT2D eigenvalue weighted by molar-refractivity contribution is -0.116. The van der Waals surface area contributed by atoms with Crippen molar-refractivity contribution in [2.45, 2.75) is 33.4 Å². The summed E-state index contributed by atoms with van der Waals surface area (Å²) < 4.78 is 3.50. The highest BCUT2D eigenvalue weighted by molar-refractivity contribution is 6.33. The van der Waals surface area contributed by atoms with Gasteiger partial charge in [-0.25, -0.2) is 0 Å². The van der Waals surface area contributed by atoms with Crippen LogP contribution in [-0.4, -0.2) is 25.5 Å². The van der Waals surface area contributed by atoms with Crippen molar-refractivity contribution in [1.29, 1.82) is 0 Å². The van der Waals surface area contributed by atoms with Crippen molar-refractivity contribution in [1.82, 2.24) is 19.6 Å². The van der Waals surface area contributed by atoms with Gasteiger partial charge < -0.3 is 5.32 Å². The van der Waals surface area contributed by atoms with Crippen LogP contribution in [0.4, 0.5) is 5.82 Å². The molecule has 1 amide bonds. The van der Waals surface area contributed by atoms with E-state index >= 15 is 0 Å². The van der Waals surface area contributed by atoms with Gasteiger partial charge in [-0.1, -0.05) is 35.3 Å². The van der Waals surface area contributed by atoms with E-state index in [2.05, 4.69) is 15.5 Å². The van der Waals surface area contributed by atoms with Crippen LogP contribution in [0.3, 0.4) is 0 Å². The second-order valence-corrected chi connectivity index (χ2v) is 6.94. The van der Waals surface area contributed by atoms with E-state index in [0.717, 1.165) is 17.0 Å². The number of hydrogen-bond acceptors (Lipinski definition) is 3. The molecule has 1 aromatic carbocycles. The second-order valence-electron chi connectivity index (χ2n) is 6.10. The van der Waals surface area contributed by atoms with Crippen LogP contribution in [0.1, 0.15) is 23.4 Å². The zero-order chi connectivity index (χ0) is 18.7. The smallest absolute Gasteiger partial charge is 0.227 e. The first kappa shape index (κ1) is 18.5. The van der Waals surface area contributed by atoms with E-state index < -0.39 is 0 Å². The molecule has 8 heteroatoms. The summed E-state index contributed by atoms with van der Waals surface area (Å²) in [6.45, 7) is 4.94. The van der Waals surface area contributed by atoms with Crippen LogP contribution in [0.15, 0.2) is 36.5 Å². The molecular formula is C18H19Cl2N5O. The number of benzene rings is 1. The van der Waals surface area contributed by atoms with E-state index in [1.54, 1.807) is 10.9 Å². The quantitative estimate of drug-likeness (QED) is 0.688. The summed E-state index contributed by atoms with van der Waals surface area (Å²) in [7, 11) is 0. The highest BCUT2D eigenvalue weighted by atomic mass is 35.5. The fraction of sp³-hybridized carbons (Fsp3) is 0.278. The van der Waals surface area contributed by atoms with Gasteiger partial charge in [-0.05, 0) is 37.6 Å². The molecule has 3 aromatic rings. The number of carbonyl (C=O) groups is 1. The molecule has 0 bridgehead atoms. The van der Waals surface area contributed by atoms with Crippen LogP contribution in [-0.2, 0) is 17.9 Å². The molecule has 0 spiro atoms. The molecule has 136 valence electrons. The summed E-state index contributed by atoms with van der Waals surface area (Å²) in [6, 6.07) is 9.47. The summed E-state index contributed by atoms with van der Waals surface area (Å²) >= 11 is 12.1. The van der Waals surface area contributed by atoms with Crippen LogP contribution in [0, 0.1) is 13.8 Å². The minimum absolute atomic E-state index is 0.156. The Morgan fingerprint density at radius 3 is 2.54 bits per heavy atom. The molecule has 2 aromatic heterocycles. The van der Waals surface area contributed by atoms with E-state index in [1.807, 2.05) is 48.9 Å². The molecule has 0 atom stereocenters. The van der Waals surface area contributed by atoms with Crippen molar-refractivity contribution in [3.8, 4) is 0 Å². The van der Waals surface area contributed by atoms with Crippen molar-refractivity contribution >= 4 is 34.9 Å². The lowest BCUT2D eigenvalue weighted by atomic mass is 10.2. The van der Waals surface area contributed by atoms with E-state index in [-0.39, 0.29) is 5.91 Å². The minimum atomic E-state index is -0.156. The molecule has 0 aliphatic rings. The zero-order valence-corrected chi connectivity index (χ0v) is 16.1. The number of rotatable bonds is 6. The molecule has 0 saturated carbocycles. The average molecular weight is 392 g/mol. The Hall–Kier alpha value is -2.31. The van der Waals surface area contributed by atoms with E-state index in [0.29, 0.717) is 35.4 Å². The third-order valence-electron chi connectivity index (χ3n) is 3.89. The maximum absolute atomic E-state index is 12.2. The standard InChI is InChI=1S/C18H19Cl2N5O/c1-12-9-13(2)25(22-12)8-7-17(26)21-18-16(20)11-24(23-18)10-14-3-5-15(19)6-4-14/h3-6,9,11H,7-8,10H2,1-2H3,(H,21,23,26). The molecule has 0 aliphatic heterocycles. The molecule has 0 fully saturated rings. The number of carbonyl (C=O) groups excluding carboxylic acids is 1. The first-order valence-electron chi connectivity index (χ1n) is 8.19. The van der Waals surface area contributed by atoms with Crippen LogP contribution >= 0.6 is 23.2 Å². The van der Waals surface area contributed by atoms with Gasteiger partial charge in [-0.3, -0.25) is 14.2 Å². The Balaban J connectivity index is 1.59. The van der Waals surface area contributed by atoms with Crippen LogP contribution in [0.25, 0.3) is 0 Å². The molecular weight excluding hydrogens is 373 g/mol. The van der Waals surface area contributed by atoms with Gasteiger partial charge >= 0.3 is 0 Å². The third-order valence-corrected chi connectivity index (χ3v) is 4.42. The largest absolute Gasteiger partial charge is 0.308 e. The van der Waals surface area contributed by atoms with Gasteiger partial charge in [-0.2, -0.15) is 10.2 Å². The predicted octanol–water partition coefficient (Wildman–Crippen LogP) is 4.08. The minimum Gasteiger partial charge on any atom is -0.308 e. The SMILES string of the molecule is Cc1cc(C)n(CCC(=O)Nc2nn(Cc3ccc(Cl)cc3)cc2Cl)n1. The van der Waals surface area contributed by atoms with Gasteiger partial charge in [0.1, 0.15) is 5.02 Å². The van der Waals surface area contributed by atoms with Gasteiger partial charge in [-0.15, -0.1) is 0 Å². The number of aryl methyl sites for hydroxylation is 3. The van der Waals surface area contributed by atoms with E-state index in [9.17, 15) is 4.79 Å². The molecule has 0 unspecified atom stereocenters. The lowest BCUT2D eigenvalue weighted by Crippen LogP contribution is -2.16. The number of hydrogen-bond donors (Lipinski definition) is 1. The highest BCUT2D eigenvalue weighted by Crippen LogP contribution is 2.20. The molecule has 0 aliphatic carbocycles. The number of nitrogens with one attached hydrogen (secondary N) is 1. The van der Waals surface area contributed by atoms with Crippen molar-refractivity contribution in [2.75, 3.05) is 5.32 Å². The lowest BCUT2D eigenvalue weighted by Gasteiger charge is -2.05. The summed E-state index contributed by atoms with van der Waals surface area (Å²) in [5.74, 6) is 0.204. The van der Waals surface area contributed by atoms with Crippen molar-refractivity contribution in [3.05, 3.63) is 63.5 Å². The van der Waals surface area contributed by atoms with Crippen molar-refractivity contribution < 1.29 is 4.79 Å². The van der Waals surface area contributed by atoms with Crippen LogP contribution < -0.4 is 5.32 Å². The van der Waals surface area contributed by atoms with E-state index in [1.165, 1.54) is 0 Å². The fourth-order valence-electron chi connectivity index (χ4n) is 2.64. The number of anilines is 1. The zero-order valence-electron chi connectivity index (χ0n) is 14.5. The van der Waals surface area contributed by atoms with Gasteiger partial charge in [0.05, 0.1) is 12.2 Å². The van der Waals surface area contributed by atoms with Crippen LogP contribution in [0.5, 0.6) is 0 Å². The molecule has 1 N–H and O–H groups in total. The number of halogens is 2. The maximum atomic E-state index is 12.2.